The number of nitrogens with zero attached hydrogens (tertiary/aromatic N) is 7. The van der Waals surface area contributed by atoms with Crippen molar-refractivity contribution >= 4 is 71.8 Å². The number of aryl methyl sites for hydroxylation is 4. The van der Waals surface area contributed by atoms with E-state index < -0.39 is 11.6 Å². The summed E-state index contributed by atoms with van der Waals surface area (Å²) in [6, 6.07) is 23.0. The van der Waals surface area contributed by atoms with Crippen molar-refractivity contribution in [3.8, 4) is 21.1 Å². The fourth-order valence-electron chi connectivity index (χ4n) is 12.0. The van der Waals surface area contributed by atoms with Crippen LogP contribution in [0, 0.1) is 18.6 Å². The lowest BCUT2D eigenvalue weighted by Crippen LogP contribution is -2.67. The number of halogens is 2. The Morgan fingerprint density at radius 1 is 0.700 bits per heavy atom. The third kappa shape index (κ3) is 8.09. The summed E-state index contributed by atoms with van der Waals surface area (Å²) in [4.78, 5) is 29.9. The fourth-order valence-corrected chi connectivity index (χ4v) is 14.1. The highest BCUT2D eigenvalue weighted by Gasteiger charge is 2.52. The minimum absolute atomic E-state index is 0.110. The number of thiazole rings is 2. The lowest BCUT2D eigenvalue weighted by atomic mass is 9.81. The molecule has 14 rings (SSSR count). The van der Waals surface area contributed by atoms with Crippen molar-refractivity contribution in [3.63, 3.8) is 0 Å². The van der Waals surface area contributed by atoms with E-state index in [2.05, 4.69) is 77.8 Å². The van der Waals surface area contributed by atoms with Gasteiger partial charge in [0.15, 0.2) is 0 Å². The molecule has 3 aromatic carbocycles. The van der Waals surface area contributed by atoms with E-state index in [1.807, 2.05) is 19.2 Å². The maximum absolute atomic E-state index is 14.6. The van der Waals surface area contributed by atoms with Gasteiger partial charge >= 0.3 is 0 Å². The molecule has 0 amide bonds. The largest absolute Gasteiger partial charge is 0.397 e. The molecule has 2 bridgehead atoms. The number of nitrogen functional groups attached to an aromatic ring is 1. The first kappa shape index (κ1) is 44.0. The second-order valence-electron chi connectivity index (χ2n) is 19.9. The number of ether oxygens (including phenoxy) is 1. The predicted molar refractivity (Wildman–Crippen MR) is 276 cm³/mol. The van der Waals surface area contributed by atoms with E-state index in [1.165, 1.54) is 90.6 Å². The van der Waals surface area contributed by atoms with E-state index in [9.17, 15) is 8.78 Å². The molecule has 4 unspecified atom stereocenters. The molecule has 9 heterocycles. The summed E-state index contributed by atoms with van der Waals surface area (Å²) in [5.41, 5.74) is 18.9. The number of hydrogen-bond acceptors (Lipinski definition) is 13. The van der Waals surface area contributed by atoms with E-state index in [4.69, 9.17) is 20.4 Å². The Balaban J connectivity index is 0.748. The Morgan fingerprint density at radius 2 is 1.37 bits per heavy atom. The quantitative estimate of drug-likeness (QED) is 0.120. The summed E-state index contributed by atoms with van der Waals surface area (Å²) >= 11 is 2.88. The van der Waals surface area contributed by atoms with E-state index >= 15 is 0 Å². The fraction of sp³-hybridized carbons (Fsp3) is 0.364. The third-order valence-electron chi connectivity index (χ3n) is 15.8. The van der Waals surface area contributed by atoms with Crippen molar-refractivity contribution in [2.75, 3.05) is 36.1 Å². The molecule has 356 valence electrons. The monoisotopic (exact) mass is 972 g/mol. The summed E-state index contributed by atoms with van der Waals surface area (Å²) in [6.45, 7) is 5.19. The Kier molecular flexibility index (Phi) is 11.3. The van der Waals surface area contributed by atoms with Gasteiger partial charge in [-0.1, -0.05) is 18.2 Å². The van der Waals surface area contributed by atoms with Crippen molar-refractivity contribution in [2.24, 2.45) is 0 Å². The number of anilines is 5. The number of pyridine rings is 3. The highest BCUT2D eigenvalue weighted by Crippen LogP contribution is 2.49. The normalized spacial score (nSPS) is 22.6. The molecular weight excluding hydrogens is 919 g/mol. The van der Waals surface area contributed by atoms with Gasteiger partial charge in [-0.15, -0.1) is 22.7 Å². The lowest BCUT2D eigenvalue weighted by Gasteiger charge is -2.59. The van der Waals surface area contributed by atoms with Crippen LogP contribution >= 0.6 is 22.7 Å². The van der Waals surface area contributed by atoms with Gasteiger partial charge in [0, 0.05) is 65.6 Å². The second kappa shape index (κ2) is 18.0. The molecule has 5 atom stereocenters. The molecular formula is C55H54F2N10OS2. The number of fused-ring (bicyclic) bond motifs is 6. The molecule has 0 saturated carbocycles. The summed E-state index contributed by atoms with van der Waals surface area (Å²) in [5, 5.41) is 8.40. The minimum Gasteiger partial charge on any atom is -0.397 e. The van der Waals surface area contributed by atoms with Gasteiger partial charge in [-0.05, 0) is 155 Å². The Hall–Kier alpha value is -5.97. The maximum Gasteiger partial charge on any atom is 0.136 e. The molecule has 6 aliphatic rings. The molecule has 4 aliphatic heterocycles. The topological polar surface area (TPSA) is 130 Å². The second-order valence-corrected chi connectivity index (χ2v) is 21.9. The zero-order valence-corrected chi connectivity index (χ0v) is 40.7. The summed E-state index contributed by atoms with van der Waals surface area (Å²) in [5.74, 6) is 0.147. The first-order valence-corrected chi connectivity index (χ1v) is 26.5. The first-order chi connectivity index (χ1) is 34.3. The van der Waals surface area contributed by atoms with Crippen LogP contribution in [0.5, 0.6) is 0 Å². The van der Waals surface area contributed by atoms with Crippen LogP contribution in [0.25, 0.3) is 41.6 Å². The van der Waals surface area contributed by atoms with Crippen molar-refractivity contribution in [2.45, 2.75) is 108 Å². The number of nitrogens with two attached hydrogens (primary N) is 1. The van der Waals surface area contributed by atoms with E-state index in [0.29, 0.717) is 46.8 Å². The number of morpholine rings is 1. The van der Waals surface area contributed by atoms with E-state index in [0.717, 1.165) is 98.9 Å². The van der Waals surface area contributed by atoms with Gasteiger partial charge in [0.2, 0.25) is 0 Å². The van der Waals surface area contributed by atoms with Crippen LogP contribution in [0.4, 0.5) is 37.5 Å². The van der Waals surface area contributed by atoms with Crippen LogP contribution in [0.1, 0.15) is 84.6 Å². The average Bonchev–Trinajstić information content (AvgIpc) is 4.08. The SMILES string of the molecule is Cc1c(N)cncc1-c1nc2cc(Nc3ccc4c(c3)CCC(N3CCCC3)CC4)nc(C3OCC4CC3N4[C@H]3CCc4ccc(Nc5cc6nc(-c7c(F)cccc7F)sc6cn5)cc4CC3)c2s1. The Labute approximate surface area is 413 Å². The molecule has 11 nitrogen and oxygen atoms in total. The Morgan fingerprint density at radius 3 is 2.10 bits per heavy atom. The van der Waals surface area contributed by atoms with Gasteiger partial charge in [0.05, 0.1) is 50.2 Å². The van der Waals surface area contributed by atoms with Gasteiger partial charge in [0.25, 0.3) is 0 Å². The molecule has 4 N–H and O–H groups in total. The van der Waals surface area contributed by atoms with Gasteiger partial charge in [-0.3, -0.25) is 9.88 Å². The van der Waals surface area contributed by atoms with E-state index in [-0.39, 0.29) is 17.7 Å². The van der Waals surface area contributed by atoms with Crippen LogP contribution in [-0.4, -0.2) is 78.6 Å². The van der Waals surface area contributed by atoms with Gasteiger partial charge in [0.1, 0.15) is 39.4 Å². The minimum atomic E-state index is -0.630. The number of nitrogens with one attached hydrogen (secondary N) is 2. The molecule has 0 radical (unpaired) electrons. The smallest absolute Gasteiger partial charge is 0.136 e. The molecule has 15 heteroatoms. The number of benzene rings is 3. The predicted octanol–water partition coefficient (Wildman–Crippen LogP) is 11.9. The van der Waals surface area contributed by atoms with Crippen LogP contribution < -0.4 is 16.4 Å². The summed E-state index contributed by atoms with van der Waals surface area (Å²) in [6.07, 6.45) is 17.6. The van der Waals surface area contributed by atoms with Crippen LogP contribution in [0.2, 0.25) is 0 Å². The van der Waals surface area contributed by atoms with Gasteiger partial charge in [-0.25, -0.2) is 28.7 Å². The van der Waals surface area contributed by atoms with Crippen LogP contribution in [0.3, 0.4) is 0 Å². The molecule has 5 aromatic heterocycles. The van der Waals surface area contributed by atoms with Crippen LogP contribution in [-0.2, 0) is 30.4 Å². The molecule has 0 spiro atoms. The van der Waals surface area contributed by atoms with Crippen molar-refractivity contribution in [1.29, 1.82) is 0 Å². The van der Waals surface area contributed by atoms with Gasteiger partial charge in [-0.2, -0.15) is 0 Å². The third-order valence-corrected chi connectivity index (χ3v) is 17.9. The van der Waals surface area contributed by atoms with E-state index in [1.54, 1.807) is 23.7 Å². The summed E-state index contributed by atoms with van der Waals surface area (Å²) < 4.78 is 37.8. The summed E-state index contributed by atoms with van der Waals surface area (Å²) in [7, 11) is 0. The number of rotatable bonds is 9. The van der Waals surface area contributed by atoms with Crippen molar-refractivity contribution < 1.29 is 13.5 Å². The highest BCUT2D eigenvalue weighted by atomic mass is 32.1. The molecule has 2 aliphatic carbocycles. The maximum atomic E-state index is 14.6. The lowest BCUT2D eigenvalue weighted by molar-refractivity contribution is -0.194. The van der Waals surface area contributed by atoms with Crippen LogP contribution in [0.15, 0.2) is 85.3 Å². The number of hydrogen-bond donors (Lipinski definition) is 3. The van der Waals surface area contributed by atoms with Gasteiger partial charge < -0.3 is 26.0 Å². The highest BCUT2D eigenvalue weighted by molar-refractivity contribution is 7.22. The number of likely N-dealkylation sites (tertiary alicyclic amines) is 1. The first-order valence-electron chi connectivity index (χ1n) is 24.9. The molecule has 4 fully saturated rings. The van der Waals surface area contributed by atoms with Crippen molar-refractivity contribution in [3.05, 3.63) is 130 Å². The zero-order chi connectivity index (χ0) is 47.0. The average molecular weight is 973 g/mol. The molecule has 70 heavy (non-hydrogen) atoms. The Bertz CT molecular complexity index is 3290. The number of aromatic nitrogens is 5. The molecule has 4 saturated heterocycles. The molecule has 8 aromatic rings. The standard InChI is InChI=1S/C55H54F2N10OS2/c1-30-40(26-59-27-43(30)58)54-64-45-25-49(62-36-14-8-31-9-15-37(16-11-33(31)22-36)66-19-2-3-20-66)65-51(53(45)70-54)52-46-23-39(29-68-52)67(46)38-17-10-32-7-13-35(21-34(32)12-18-38)61-48-24-44-47(28-60-48)69-55(63-44)50-41(56)5-4-6-42(50)57/h4-8,13-14,21-22,24-28,37-39,46,52H,2-3,9-12,15-20,23,29,58H2,1H3,(H,60,61)(H,62,65)/t37?,38-,39?,46?,52?/m0/s1. The zero-order valence-electron chi connectivity index (χ0n) is 39.1. The van der Waals surface area contributed by atoms with Crippen molar-refractivity contribution in [1.82, 2.24) is 34.7 Å².